The Morgan fingerprint density at radius 1 is 1.47 bits per heavy atom. The van der Waals surface area contributed by atoms with Gasteiger partial charge in [0.15, 0.2) is 0 Å². The molecule has 0 spiro atoms. The molecule has 0 aromatic rings. The molecule has 7 nitrogen and oxygen atoms in total. The Hall–Kier alpha value is -0.700. The zero-order valence-electron chi connectivity index (χ0n) is 10.5. The lowest BCUT2D eigenvalue weighted by atomic mass is 10.0. The van der Waals surface area contributed by atoms with Gasteiger partial charge >= 0.3 is 5.97 Å². The molecule has 8 heteroatoms. The highest BCUT2D eigenvalue weighted by Crippen LogP contribution is 2.11. The number of nitrogens with one attached hydrogen (secondary N) is 1. The molecule has 0 bridgehead atoms. The van der Waals surface area contributed by atoms with Crippen LogP contribution in [-0.2, 0) is 15.0 Å². The van der Waals surface area contributed by atoms with E-state index in [1.54, 1.807) is 13.8 Å². The summed E-state index contributed by atoms with van der Waals surface area (Å²) < 4.78 is 26.8. The maximum absolute atomic E-state index is 11.8. The van der Waals surface area contributed by atoms with Crippen LogP contribution in [0.2, 0.25) is 0 Å². The lowest BCUT2D eigenvalue weighted by Crippen LogP contribution is -2.54. The first-order valence-electron chi connectivity index (χ1n) is 5.14. The van der Waals surface area contributed by atoms with E-state index in [2.05, 4.69) is 4.72 Å². The van der Waals surface area contributed by atoms with Crippen LogP contribution in [0.1, 0.15) is 27.2 Å². The van der Waals surface area contributed by atoms with Crippen molar-refractivity contribution in [1.29, 1.82) is 0 Å². The molecule has 0 aromatic carbocycles. The van der Waals surface area contributed by atoms with Crippen molar-refractivity contribution in [2.45, 2.75) is 38.8 Å². The highest BCUT2D eigenvalue weighted by molar-refractivity contribution is 7.87. The van der Waals surface area contributed by atoms with Gasteiger partial charge in [0.05, 0.1) is 18.1 Å². The molecule has 0 radical (unpaired) electrons. The number of aliphatic carboxylic acids is 1. The molecule has 0 aliphatic rings. The quantitative estimate of drug-likeness (QED) is 0.571. The number of carboxylic acid groups (broad SMARTS) is 1. The molecular formula is C9H20N2O5S. The Kier molecular flexibility index (Phi) is 5.53. The Morgan fingerprint density at radius 3 is 2.29 bits per heavy atom. The van der Waals surface area contributed by atoms with Crippen LogP contribution >= 0.6 is 0 Å². The molecular weight excluding hydrogens is 248 g/mol. The van der Waals surface area contributed by atoms with Gasteiger partial charge in [-0.05, 0) is 20.8 Å². The lowest BCUT2D eigenvalue weighted by molar-refractivity contribution is -0.137. The largest absolute Gasteiger partial charge is 0.481 e. The zero-order chi connectivity index (χ0) is 13.9. The first-order chi connectivity index (χ1) is 7.49. The molecule has 3 N–H and O–H groups in total. The van der Waals surface area contributed by atoms with Crippen molar-refractivity contribution >= 4 is 16.2 Å². The summed E-state index contributed by atoms with van der Waals surface area (Å²) >= 11 is 0. The lowest BCUT2D eigenvalue weighted by Gasteiger charge is -2.31. The Morgan fingerprint density at radius 2 is 1.94 bits per heavy atom. The summed E-state index contributed by atoms with van der Waals surface area (Å²) in [5.41, 5.74) is -1.02. The van der Waals surface area contributed by atoms with Crippen LogP contribution in [-0.4, -0.2) is 54.1 Å². The number of hydrogen-bond donors (Lipinski definition) is 3. The van der Waals surface area contributed by atoms with Crippen LogP contribution in [0, 0.1) is 0 Å². The molecule has 0 saturated heterocycles. The van der Waals surface area contributed by atoms with Gasteiger partial charge in [0.2, 0.25) is 0 Å². The summed E-state index contributed by atoms with van der Waals surface area (Å²) in [5.74, 6) is -1.07. The van der Waals surface area contributed by atoms with Crippen molar-refractivity contribution in [3.8, 4) is 0 Å². The van der Waals surface area contributed by atoms with Gasteiger partial charge in [-0.25, -0.2) is 0 Å². The minimum Gasteiger partial charge on any atom is -0.481 e. The highest BCUT2D eigenvalue weighted by Gasteiger charge is 2.31. The molecule has 0 fully saturated rings. The molecule has 0 aliphatic heterocycles. The number of carbonyl (C=O) groups is 1. The van der Waals surface area contributed by atoms with Gasteiger partial charge < -0.3 is 10.2 Å². The van der Waals surface area contributed by atoms with Crippen molar-refractivity contribution in [1.82, 2.24) is 9.03 Å². The second kappa shape index (κ2) is 5.76. The summed E-state index contributed by atoms with van der Waals surface area (Å²) in [5, 5.41) is 17.9. The number of aliphatic hydroxyl groups is 1. The van der Waals surface area contributed by atoms with Crippen LogP contribution in [0.3, 0.4) is 0 Å². The molecule has 0 heterocycles. The zero-order valence-corrected chi connectivity index (χ0v) is 11.3. The summed E-state index contributed by atoms with van der Waals surface area (Å²) in [6.45, 7) is 4.43. The second-order valence-corrected chi connectivity index (χ2v) is 6.25. The van der Waals surface area contributed by atoms with E-state index < -0.39 is 27.8 Å². The van der Waals surface area contributed by atoms with Crippen molar-refractivity contribution in [2.24, 2.45) is 0 Å². The summed E-state index contributed by atoms with van der Waals surface area (Å²) in [6, 6.07) is 0. The van der Waals surface area contributed by atoms with Crippen molar-refractivity contribution in [3.05, 3.63) is 0 Å². The van der Waals surface area contributed by atoms with Gasteiger partial charge in [-0.2, -0.15) is 17.4 Å². The van der Waals surface area contributed by atoms with Crippen molar-refractivity contribution in [3.63, 3.8) is 0 Å². The first kappa shape index (κ1) is 16.3. The average molecular weight is 268 g/mol. The highest BCUT2D eigenvalue weighted by atomic mass is 32.2. The summed E-state index contributed by atoms with van der Waals surface area (Å²) in [4.78, 5) is 10.3. The molecule has 0 saturated carbocycles. The number of carboxylic acids is 1. The van der Waals surface area contributed by atoms with E-state index in [0.29, 0.717) is 0 Å². The van der Waals surface area contributed by atoms with Crippen LogP contribution in [0.4, 0.5) is 0 Å². The standard InChI is InChI=1S/C9H20N2O5S/c1-7(12)9(2,3)10-17(15,16)11(4)6-5-8(13)14/h7,10,12H,5-6H2,1-4H3,(H,13,14). The molecule has 0 rings (SSSR count). The van der Waals surface area contributed by atoms with Crippen LogP contribution in [0.25, 0.3) is 0 Å². The summed E-state index contributed by atoms with van der Waals surface area (Å²) in [7, 11) is -2.52. The smallest absolute Gasteiger partial charge is 0.304 e. The number of aliphatic hydroxyl groups excluding tert-OH is 1. The Labute approximate surface area is 102 Å². The van der Waals surface area contributed by atoms with Crippen LogP contribution in [0.5, 0.6) is 0 Å². The monoisotopic (exact) mass is 268 g/mol. The predicted octanol–water partition coefficient (Wildman–Crippen LogP) is -0.613. The van der Waals surface area contributed by atoms with E-state index in [4.69, 9.17) is 5.11 Å². The molecule has 102 valence electrons. The van der Waals surface area contributed by atoms with Crippen LogP contribution in [0.15, 0.2) is 0 Å². The van der Waals surface area contributed by atoms with Crippen molar-refractivity contribution < 1.29 is 23.4 Å². The maximum Gasteiger partial charge on any atom is 0.304 e. The Balaban J connectivity index is 4.63. The van der Waals surface area contributed by atoms with Gasteiger partial charge in [-0.15, -0.1) is 0 Å². The van der Waals surface area contributed by atoms with Crippen LogP contribution < -0.4 is 4.72 Å². The molecule has 17 heavy (non-hydrogen) atoms. The topological polar surface area (TPSA) is 107 Å². The van der Waals surface area contributed by atoms with Gasteiger partial charge in [-0.1, -0.05) is 0 Å². The molecule has 1 unspecified atom stereocenters. The third-order valence-corrected chi connectivity index (χ3v) is 4.27. The molecule has 1 atom stereocenters. The number of rotatable bonds is 7. The third-order valence-electron chi connectivity index (χ3n) is 2.49. The first-order valence-corrected chi connectivity index (χ1v) is 6.58. The number of nitrogens with zero attached hydrogens (tertiary/aromatic N) is 1. The fraction of sp³-hybridized carbons (Fsp3) is 0.889. The molecule has 0 amide bonds. The predicted molar refractivity (Wildman–Crippen MR) is 62.7 cm³/mol. The maximum atomic E-state index is 11.8. The van der Waals surface area contributed by atoms with Gasteiger partial charge in [0, 0.05) is 13.6 Å². The summed E-state index contributed by atoms with van der Waals surface area (Å²) in [6.07, 6.45) is -1.14. The molecule has 0 aromatic heterocycles. The van der Waals surface area contributed by atoms with Gasteiger partial charge in [0.1, 0.15) is 0 Å². The molecule has 0 aliphatic carbocycles. The average Bonchev–Trinajstić information content (AvgIpc) is 2.11. The van der Waals surface area contributed by atoms with E-state index >= 15 is 0 Å². The Bertz CT molecular complexity index is 364. The number of hydrogen-bond acceptors (Lipinski definition) is 4. The van der Waals surface area contributed by atoms with E-state index in [9.17, 15) is 18.3 Å². The van der Waals surface area contributed by atoms with Crippen molar-refractivity contribution in [2.75, 3.05) is 13.6 Å². The van der Waals surface area contributed by atoms with E-state index in [0.717, 1.165) is 4.31 Å². The normalized spacial score (nSPS) is 14.9. The minimum atomic E-state index is -3.80. The van der Waals surface area contributed by atoms with Gasteiger partial charge in [-0.3, -0.25) is 4.79 Å². The van der Waals surface area contributed by atoms with Gasteiger partial charge in [0.25, 0.3) is 10.2 Å². The fourth-order valence-electron chi connectivity index (χ4n) is 0.869. The second-order valence-electron chi connectivity index (χ2n) is 4.47. The third kappa shape index (κ3) is 5.44. The fourth-order valence-corrected chi connectivity index (χ4v) is 2.19. The minimum absolute atomic E-state index is 0.124. The SMILES string of the molecule is CC(O)C(C)(C)NS(=O)(=O)N(C)CCC(=O)O. The van der Waals surface area contributed by atoms with E-state index in [1.807, 2.05) is 0 Å². The van der Waals surface area contributed by atoms with E-state index in [-0.39, 0.29) is 13.0 Å². The van der Waals surface area contributed by atoms with E-state index in [1.165, 1.54) is 14.0 Å².